The highest BCUT2D eigenvalue weighted by molar-refractivity contribution is 5.73. The zero-order chi connectivity index (χ0) is 15.3. The van der Waals surface area contributed by atoms with Gasteiger partial charge in [-0.3, -0.25) is 9.59 Å². The lowest BCUT2D eigenvalue weighted by atomic mass is 9.98. The van der Waals surface area contributed by atoms with Crippen molar-refractivity contribution in [2.45, 2.75) is 65.9 Å². The standard InChI is InChI=1S/C16H28O4/c1-6-19-15(18)13-10-12(9-11(13)2)7-8-14(17)20-16(3,4)5/h11-13H,6-10H2,1-5H3/t11-,12?,13-/m1/s1. The fourth-order valence-electron chi connectivity index (χ4n) is 2.91. The first-order valence-electron chi connectivity index (χ1n) is 7.61. The van der Waals surface area contributed by atoms with Crippen LogP contribution in [0, 0.1) is 17.8 Å². The summed E-state index contributed by atoms with van der Waals surface area (Å²) in [4.78, 5) is 23.5. The highest BCUT2D eigenvalue weighted by Crippen LogP contribution is 2.39. The average Bonchev–Trinajstić information content (AvgIpc) is 2.66. The molecular formula is C16H28O4. The van der Waals surface area contributed by atoms with Gasteiger partial charge < -0.3 is 9.47 Å². The van der Waals surface area contributed by atoms with Gasteiger partial charge >= 0.3 is 11.9 Å². The minimum absolute atomic E-state index is 0.00131. The maximum Gasteiger partial charge on any atom is 0.309 e. The van der Waals surface area contributed by atoms with E-state index in [2.05, 4.69) is 6.92 Å². The van der Waals surface area contributed by atoms with Crippen LogP contribution in [0.2, 0.25) is 0 Å². The monoisotopic (exact) mass is 284 g/mol. The highest BCUT2D eigenvalue weighted by atomic mass is 16.6. The Bertz CT molecular complexity index is 343. The fraction of sp³-hybridized carbons (Fsp3) is 0.875. The van der Waals surface area contributed by atoms with E-state index in [1.165, 1.54) is 0 Å². The zero-order valence-corrected chi connectivity index (χ0v) is 13.4. The number of rotatable bonds is 5. The van der Waals surface area contributed by atoms with Crippen LogP contribution >= 0.6 is 0 Å². The molecule has 0 aromatic heterocycles. The second-order valence-corrected chi connectivity index (χ2v) is 6.80. The Morgan fingerprint density at radius 1 is 1.20 bits per heavy atom. The molecule has 0 radical (unpaired) electrons. The highest BCUT2D eigenvalue weighted by Gasteiger charge is 2.37. The maximum absolute atomic E-state index is 11.8. The minimum Gasteiger partial charge on any atom is -0.466 e. The van der Waals surface area contributed by atoms with Crippen LogP contribution in [-0.4, -0.2) is 24.1 Å². The molecule has 0 N–H and O–H groups in total. The molecule has 0 aromatic rings. The number of hydrogen-bond donors (Lipinski definition) is 0. The van der Waals surface area contributed by atoms with Crippen LogP contribution in [0.5, 0.6) is 0 Å². The van der Waals surface area contributed by atoms with Crippen molar-refractivity contribution in [1.29, 1.82) is 0 Å². The van der Waals surface area contributed by atoms with Gasteiger partial charge in [-0.2, -0.15) is 0 Å². The minimum atomic E-state index is -0.423. The van der Waals surface area contributed by atoms with E-state index >= 15 is 0 Å². The first-order valence-corrected chi connectivity index (χ1v) is 7.61. The molecule has 3 atom stereocenters. The number of carbonyl (C=O) groups excluding carboxylic acids is 2. The lowest BCUT2D eigenvalue weighted by molar-refractivity contribution is -0.155. The molecule has 20 heavy (non-hydrogen) atoms. The Labute approximate surface area is 122 Å². The van der Waals surface area contributed by atoms with Gasteiger partial charge in [-0.1, -0.05) is 6.92 Å². The summed E-state index contributed by atoms with van der Waals surface area (Å²) in [5.74, 6) is 0.535. The van der Waals surface area contributed by atoms with Crippen molar-refractivity contribution in [1.82, 2.24) is 0 Å². The van der Waals surface area contributed by atoms with Crippen LogP contribution in [0.4, 0.5) is 0 Å². The molecule has 0 spiro atoms. The molecule has 116 valence electrons. The van der Waals surface area contributed by atoms with Gasteiger partial charge in [0.2, 0.25) is 0 Å². The lowest BCUT2D eigenvalue weighted by Crippen LogP contribution is -2.24. The SMILES string of the molecule is CCOC(=O)[C@@H]1CC(CCC(=O)OC(C)(C)C)C[C@H]1C. The summed E-state index contributed by atoms with van der Waals surface area (Å²) in [7, 11) is 0. The van der Waals surface area contributed by atoms with Gasteiger partial charge in [0.25, 0.3) is 0 Å². The van der Waals surface area contributed by atoms with Crippen molar-refractivity contribution < 1.29 is 19.1 Å². The molecule has 1 aliphatic carbocycles. The molecule has 0 saturated heterocycles. The second kappa shape index (κ2) is 7.09. The Morgan fingerprint density at radius 3 is 2.40 bits per heavy atom. The van der Waals surface area contributed by atoms with Crippen molar-refractivity contribution >= 4 is 11.9 Å². The molecule has 1 aliphatic rings. The van der Waals surface area contributed by atoms with Crippen molar-refractivity contribution in [3.8, 4) is 0 Å². The summed E-state index contributed by atoms with van der Waals surface area (Å²) < 4.78 is 10.4. The van der Waals surface area contributed by atoms with Crippen LogP contribution in [0.1, 0.15) is 60.3 Å². The van der Waals surface area contributed by atoms with Gasteiger partial charge in [0.05, 0.1) is 12.5 Å². The predicted octanol–water partition coefficient (Wildman–Crippen LogP) is 3.33. The summed E-state index contributed by atoms with van der Waals surface area (Å²) >= 11 is 0. The average molecular weight is 284 g/mol. The van der Waals surface area contributed by atoms with Crippen LogP contribution in [0.25, 0.3) is 0 Å². The smallest absolute Gasteiger partial charge is 0.309 e. The van der Waals surface area contributed by atoms with Crippen LogP contribution < -0.4 is 0 Å². The van der Waals surface area contributed by atoms with E-state index in [0.717, 1.165) is 19.3 Å². The molecule has 4 nitrogen and oxygen atoms in total. The van der Waals surface area contributed by atoms with E-state index in [4.69, 9.17) is 9.47 Å². The van der Waals surface area contributed by atoms with Crippen LogP contribution in [0.15, 0.2) is 0 Å². The van der Waals surface area contributed by atoms with E-state index in [1.54, 1.807) is 0 Å². The van der Waals surface area contributed by atoms with Crippen molar-refractivity contribution in [2.24, 2.45) is 17.8 Å². The Kier molecular flexibility index (Phi) is 6.03. The van der Waals surface area contributed by atoms with Gasteiger partial charge in [-0.15, -0.1) is 0 Å². The molecule has 1 unspecified atom stereocenters. The third-order valence-electron chi connectivity index (χ3n) is 3.75. The number of ether oxygens (including phenoxy) is 2. The summed E-state index contributed by atoms with van der Waals surface area (Å²) in [6.45, 7) is 9.98. The van der Waals surface area contributed by atoms with Gasteiger partial charge in [0, 0.05) is 6.42 Å². The third kappa shape index (κ3) is 5.51. The Balaban J connectivity index is 2.37. The Hall–Kier alpha value is -1.06. The maximum atomic E-state index is 11.8. The molecule has 0 bridgehead atoms. The molecule has 1 saturated carbocycles. The molecule has 0 aromatic carbocycles. The van der Waals surface area contributed by atoms with Gasteiger partial charge in [-0.25, -0.2) is 0 Å². The van der Waals surface area contributed by atoms with E-state index in [0.29, 0.717) is 24.9 Å². The molecule has 1 rings (SSSR count). The van der Waals surface area contributed by atoms with E-state index < -0.39 is 5.60 Å². The molecule has 0 amide bonds. The Morgan fingerprint density at radius 2 is 1.85 bits per heavy atom. The van der Waals surface area contributed by atoms with Gasteiger partial charge in [0.15, 0.2) is 0 Å². The van der Waals surface area contributed by atoms with Crippen molar-refractivity contribution in [3.05, 3.63) is 0 Å². The fourth-order valence-corrected chi connectivity index (χ4v) is 2.91. The molecule has 4 heteroatoms. The quantitative estimate of drug-likeness (QED) is 0.727. The zero-order valence-electron chi connectivity index (χ0n) is 13.4. The molecule has 0 heterocycles. The lowest BCUT2D eigenvalue weighted by Gasteiger charge is -2.20. The third-order valence-corrected chi connectivity index (χ3v) is 3.75. The largest absolute Gasteiger partial charge is 0.466 e. The summed E-state index contributed by atoms with van der Waals surface area (Å²) in [6.07, 6.45) is 3.06. The van der Waals surface area contributed by atoms with E-state index in [9.17, 15) is 9.59 Å². The first kappa shape index (κ1) is 17.0. The molecular weight excluding hydrogens is 256 g/mol. The first-order chi connectivity index (χ1) is 9.23. The van der Waals surface area contributed by atoms with Crippen LogP contribution in [-0.2, 0) is 19.1 Å². The summed E-state index contributed by atoms with van der Waals surface area (Å²) in [5, 5.41) is 0. The number of hydrogen-bond acceptors (Lipinski definition) is 4. The van der Waals surface area contributed by atoms with E-state index in [1.807, 2.05) is 27.7 Å². The molecule has 1 fully saturated rings. The predicted molar refractivity (Wildman–Crippen MR) is 77.1 cm³/mol. The van der Waals surface area contributed by atoms with E-state index in [-0.39, 0.29) is 17.9 Å². The van der Waals surface area contributed by atoms with Crippen molar-refractivity contribution in [3.63, 3.8) is 0 Å². The summed E-state index contributed by atoms with van der Waals surface area (Å²) in [5.41, 5.74) is -0.423. The molecule has 0 aliphatic heterocycles. The topological polar surface area (TPSA) is 52.6 Å². The van der Waals surface area contributed by atoms with Gasteiger partial charge in [0.1, 0.15) is 5.60 Å². The number of esters is 2. The normalized spacial score (nSPS) is 26.4. The van der Waals surface area contributed by atoms with Gasteiger partial charge in [-0.05, 0) is 58.8 Å². The summed E-state index contributed by atoms with van der Waals surface area (Å²) in [6, 6.07) is 0. The van der Waals surface area contributed by atoms with Crippen molar-refractivity contribution in [2.75, 3.05) is 6.61 Å². The second-order valence-electron chi connectivity index (χ2n) is 6.80. The number of carbonyl (C=O) groups is 2. The van der Waals surface area contributed by atoms with Crippen LogP contribution in [0.3, 0.4) is 0 Å².